The van der Waals surface area contributed by atoms with Crippen LogP contribution in [0.5, 0.6) is 0 Å². The first-order valence-electron chi connectivity index (χ1n) is 7.43. The first-order valence-corrected chi connectivity index (χ1v) is 9.11. The smallest absolute Gasteiger partial charge is 0.0587 e. The fourth-order valence-corrected chi connectivity index (χ4v) is 4.19. The van der Waals surface area contributed by atoms with Crippen molar-refractivity contribution in [2.75, 3.05) is 26.8 Å². The molecule has 1 aromatic rings. The summed E-state index contributed by atoms with van der Waals surface area (Å²) < 4.78 is 6.29. The molecule has 0 amide bonds. The second-order valence-corrected chi connectivity index (χ2v) is 7.25. The third-order valence-corrected chi connectivity index (χ3v) is 5.50. The molecule has 0 aromatic carbocycles. The van der Waals surface area contributed by atoms with Gasteiger partial charge in [-0.1, -0.05) is 24.8 Å². The number of rotatable bonds is 7. The summed E-state index contributed by atoms with van der Waals surface area (Å²) in [5.74, 6) is 0.764. The first-order chi connectivity index (χ1) is 9.79. The highest BCUT2D eigenvalue weighted by molar-refractivity contribution is 9.10. The monoisotopic (exact) mass is 357 g/mol. The molecule has 1 fully saturated rings. The summed E-state index contributed by atoms with van der Waals surface area (Å²) >= 11 is 5.35. The lowest BCUT2D eigenvalue weighted by Gasteiger charge is -2.25. The lowest BCUT2D eigenvalue weighted by Crippen LogP contribution is -2.25. The molecule has 1 aliphatic rings. The van der Waals surface area contributed by atoms with Crippen molar-refractivity contribution in [1.82, 2.24) is 5.32 Å². The number of halogens is 1. The molecule has 1 aliphatic carbocycles. The van der Waals surface area contributed by atoms with Gasteiger partial charge in [-0.2, -0.15) is 0 Å². The van der Waals surface area contributed by atoms with Crippen LogP contribution >= 0.6 is 27.3 Å². The molecule has 0 saturated heterocycles. The van der Waals surface area contributed by atoms with Crippen LogP contribution in [0.1, 0.15) is 37.0 Å². The lowest BCUT2D eigenvalue weighted by atomic mass is 9.83. The highest BCUT2D eigenvalue weighted by Crippen LogP contribution is 2.32. The molecule has 0 atom stereocenters. The number of thiophene rings is 1. The van der Waals surface area contributed by atoms with Crippen LogP contribution in [0.3, 0.4) is 0 Å². The molecule has 1 N–H and O–H groups in total. The van der Waals surface area contributed by atoms with Gasteiger partial charge in [0.15, 0.2) is 0 Å². The summed E-state index contributed by atoms with van der Waals surface area (Å²) in [6.45, 7) is 2.70. The lowest BCUT2D eigenvalue weighted by molar-refractivity contribution is 0.200. The van der Waals surface area contributed by atoms with E-state index >= 15 is 0 Å². The van der Waals surface area contributed by atoms with Gasteiger partial charge in [-0.25, -0.2) is 0 Å². The Bertz CT molecular complexity index is 424. The van der Waals surface area contributed by atoms with Crippen molar-refractivity contribution in [2.24, 2.45) is 5.92 Å². The summed E-state index contributed by atoms with van der Waals surface area (Å²) in [5.41, 5.74) is 1.56. The third-order valence-electron chi connectivity index (χ3n) is 3.86. The quantitative estimate of drug-likeness (QED) is 0.713. The topological polar surface area (TPSA) is 21.3 Å². The Morgan fingerprint density at radius 3 is 2.90 bits per heavy atom. The van der Waals surface area contributed by atoms with Gasteiger partial charge in [0.25, 0.3) is 0 Å². The van der Waals surface area contributed by atoms with Gasteiger partial charge in [0.1, 0.15) is 0 Å². The van der Waals surface area contributed by atoms with Crippen molar-refractivity contribution >= 4 is 33.3 Å². The largest absolute Gasteiger partial charge is 0.383 e. The molecular weight excluding hydrogens is 334 g/mol. The number of methoxy groups -OCH3 is 1. The average molecular weight is 358 g/mol. The summed E-state index contributed by atoms with van der Waals surface area (Å²) in [6, 6.07) is 2.21. The van der Waals surface area contributed by atoms with Gasteiger partial charge in [-0.3, -0.25) is 0 Å². The molecule has 0 spiro atoms. The SMILES string of the molecule is COCCNCC(=Cc1cc(Br)cs1)C1CCCCC1. The minimum absolute atomic E-state index is 0.764. The van der Waals surface area contributed by atoms with Crippen molar-refractivity contribution < 1.29 is 4.74 Å². The Labute approximate surface area is 134 Å². The Morgan fingerprint density at radius 1 is 1.45 bits per heavy atom. The zero-order valence-electron chi connectivity index (χ0n) is 12.2. The van der Waals surface area contributed by atoms with Gasteiger partial charge in [-0.15, -0.1) is 11.3 Å². The maximum Gasteiger partial charge on any atom is 0.0587 e. The fraction of sp³-hybridized carbons (Fsp3) is 0.625. The van der Waals surface area contributed by atoms with Gasteiger partial charge in [0, 0.05) is 34.9 Å². The van der Waals surface area contributed by atoms with E-state index in [0.29, 0.717) is 0 Å². The van der Waals surface area contributed by atoms with Gasteiger partial charge >= 0.3 is 0 Å². The summed E-state index contributed by atoms with van der Waals surface area (Å²) in [6.07, 6.45) is 9.27. The van der Waals surface area contributed by atoms with Crippen molar-refractivity contribution in [1.29, 1.82) is 0 Å². The van der Waals surface area contributed by atoms with Crippen molar-refractivity contribution in [3.63, 3.8) is 0 Å². The standard InChI is InChI=1S/C16H24BrNOS/c1-19-8-7-18-11-14(13-5-3-2-4-6-13)9-16-10-15(17)12-20-16/h9-10,12-13,18H,2-8,11H2,1H3. The summed E-state index contributed by atoms with van der Waals surface area (Å²) in [7, 11) is 1.75. The normalized spacial score (nSPS) is 17.6. The van der Waals surface area contributed by atoms with E-state index in [1.807, 2.05) is 11.3 Å². The Kier molecular flexibility index (Phi) is 7.28. The predicted octanol–water partition coefficient (Wildman–Crippen LogP) is 4.71. The average Bonchev–Trinajstić information content (AvgIpc) is 2.88. The van der Waals surface area contributed by atoms with Crippen LogP contribution < -0.4 is 5.32 Å². The van der Waals surface area contributed by atoms with E-state index < -0.39 is 0 Å². The summed E-state index contributed by atoms with van der Waals surface area (Å²) in [4.78, 5) is 1.35. The minimum Gasteiger partial charge on any atom is -0.383 e. The molecule has 112 valence electrons. The predicted molar refractivity (Wildman–Crippen MR) is 91.3 cm³/mol. The van der Waals surface area contributed by atoms with Crippen molar-refractivity contribution in [3.8, 4) is 0 Å². The van der Waals surface area contributed by atoms with Crippen molar-refractivity contribution in [2.45, 2.75) is 32.1 Å². The molecule has 1 aromatic heterocycles. The number of hydrogen-bond donors (Lipinski definition) is 1. The Balaban J connectivity index is 2.00. The van der Waals surface area contributed by atoms with Crippen LogP contribution in [0.15, 0.2) is 21.5 Å². The zero-order valence-corrected chi connectivity index (χ0v) is 14.6. The fourth-order valence-electron chi connectivity index (χ4n) is 2.78. The number of ether oxygens (including phenoxy) is 1. The maximum atomic E-state index is 5.10. The van der Waals surface area contributed by atoms with Crippen LogP contribution in [0, 0.1) is 5.92 Å². The van der Waals surface area contributed by atoms with Crippen molar-refractivity contribution in [3.05, 3.63) is 26.4 Å². The van der Waals surface area contributed by atoms with Crippen LogP contribution in [0.4, 0.5) is 0 Å². The van der Waals surface area contributed by atoms with Gasteiger partial charge in [0.2, 0.25) is 0 Å². The molecule has 4 heteroatoms. The van der Waals surface area contributed by atoms with E-state index in [9.17, 15) is 0 Å². The second-order valence-electron chi connectivity index (χ2n) is 5.39. The van der Waals surface area contributed by atoms with Gasteiger partial charge in [0.05, 0.1) is 6.61 Å². The molecule has 0 radical (unpaired) electrons. The van der Waals surface area contributed by atoms with Crippen LogP contribution in [0.25, 0.3) is 6.08 Å². The summed E-state index contributed by atoms with van der Waals surface area (Å²) in [5, 5.41) is 5.67. The molecule has 1 saturated carbocycles. The second kappa shape index (κ2) is 8.98. The van der Waals surface area contributed by atoms with E-state index in [1.165, 1.54) is 41.5 Å². The van der Waals surface area contributed by atoms with E-state index in [2.05, 4.69) is 38.8 Å². The third kappa shape index (κ3) is 5.32. The Morgan fingerprint density at radius 2 is 2.25 bits per heavy atom. The first kappa shape index (κ1) is 16.2. The zero-order chi connectivity index (χ0) is 14.2. The maximum absolute atomic E-state index is 5.10. The Hall–Kier alpha value is -0.160. The van der Waals surface area contributed by atoms with Crippen LogP contribution in [0.2, 0.25) is 0 Å². The molecule has 2 rings (SSSR count). The van der Waals surface area contributed by atoms with Crippen LogP contribution in [-0.2, 0) is 4.74 Å². The molecular formula is C16H24BrNOS. The molecule has 0 aliphatic heterocycles. The van der Waals surface area contributed by atoms with E-state index in [4.69, 9.17) is 4.74 Å². The molecule has 1 heterocycles. The van der Waals surface area contributed by atoms with Gasteiger partial charge < -0.3 is 10.1 Å². The molecule has 2 nitrogen and oxygen atoms in total. The molecule has 0 bridgehead atoms. The molecule has 20 heavy (non-hydrogen) atoms. The van der Waals surface area contributed by atoms with Gasteiger partial charge in [-0.05, 0) is 46.8 Å². The van der Waals surface area contributed by atoms with E-state index in [0.717, 1.165) is 25.6 Å². The van der Waals surface area contributed by atoms with E-state index in [-0.39, 0.29) is 0 Å². The minimum atomic E-state index is 0.764. The number of nitrogens with one attached hydrogen (secondary N) is 1. The van der Waals surface area contributed by atoms with Crippen LogP contribution in [-0.4, -0.2) is 26.8 Å². The highest BCUT2D eigenvalue weighted by Gasteiger charge is 2.17. The highest BCUT2D eigenvalue weighted by atomic mass is 79.9. The number of hydrogen-bond acceptors (Lipinski definition) is 3. The molecule has 0 unspecified atom stereocenters. The van der Waals surface area contributed by atoms with E-state index in [1.54, 1.807) is 12.7 Å².